The van der Waals surface area contributed by atoms with E-state index in [1.54, 1.807) is 0 Å². The maximum absolute atomic E-state index is 6.63. The van der Waals surface area contributed by atoms with Crippen molar-refractivity contribution in [2.24, 2.45) is 42.4 Å². The minimum absolute atomic E-state index is 0.390. The highest BCUT2D eigenvalue weighted by Gasteiger charge is 2.49. The fourth-order valence-electron chi connectivity index (χ4n) is 5.79. The number of hydrogen-bond acceptors (Lipinski definition) is 2. The Morgan fingerprint density at radius 3 is 2.40 bits per heavy atom. The van der Waals surface area contributed by atoms with Crippen LogP contribution in [-0.4, -0.2) is 15.6 Å². The van der Waals surface area contributed by atoms with Crippen molar-refractivity contribution >= 4 is 0 Å². The molecule has 0 aliphatic heterocycles. The molecule has 0 spiro atoms. The molecule has 110 valence electrons. The van der Waals surface area contributed by atoms with Gasteiger partial charge >= 0.3 is 0 Å². The van der Waals surface area contributed by atoms with Crippen LogP contribution in [0, 0.1) is 29.6 Å². The molecule has 1 atom stereocenters. The van der Waals surface area contributed by atoms with Crippen molar-refractivity contribution in [3.8, 4) is 0 Å². The first-order chi connectivity index (χ1) is 9.70. The van der Waals surface area contributed by atoms with Crippen LogP contribution in [0.3, 0.4) is 0 Å². The van der Waals surface area contributed by atoms with Gasteiger partial charge in [0.1, 0.15) is 5.82 Å². The SMILES string of the molecule is Cn1ccnc1CCC(N)C1C2CC3CC(C2)CC1C3. The average molecular weight is 273 g/mol. The van der Waals surface area contributed by atoms with Crippen molar-refractivity contribution in [2.45, 2.75) is 51.0 Å². The van der Waals surface area contributed by atoms with Crippen LogP contribution < -0.4 is 5.73 Å². The highest BCUT2D eigenvalue weighted by Crippen LogP contribution is 2.57. The molecule has 4 saturated carbocycles. The summed E-state index contributed by atoms with van der Waals surface area (Å²) in [6.45, 7) is 0. The third-order valence-electron chi connectivity index (χ3n) is 6.42. The largest absolute Gasteiger partial charge is 0.338 e. The van der Waals surface area contributed by atoms with E-state index in [1.165, 1.54) is 37.9 Å². The summed E-state index contributed by atoms with van der Waals surface area (Å²) in [5.74, 6) is 5.99. The first kappa shape index (κ1) is 12.9. The van der Waals surface area contributed by atoms with Crippen LogP contribution in [0.2, 0.25) is 0 Å². The monoisotopic (exact) mass is 273 g/mol. The highest BCUT2D eigenvalue weighted by molar-refractivity contribution is 5.02. The topological polar surface area (TPSA) is 43.8 Å². The van der Waals surface area contributed by atoms with Gasteiger partial charge in [-0.25, -0.2) is 4.98 Å². The molecule has 3 nitrogen and oxygen atoms in total. The molecule has 1 aromatic heterocycles. The first-order valence-corrected chi connectivity index (χ1v) is 8.42. The minimum atomic E-state index is 0.390. The molecule has 1 heterocycles. The predicted molar refractivity (Wildman–Crippen MR) is 80.0 cm³/mol. The minimum Gasteiger partial charge on any atom is -0.338 e. The Bertz CT molecular complexity index is 450. The van der Waals surface area contributed by atoms with Gasteiger partial charge in [-0.2, -0.15) is 0 Å². The summed E-state index contributed by atoms with van der Waals surface area (Å²) in [6, 6.07) is 0.390. The normalized spacial score (nSPS) is 40.2. The number of aryl methyl sites for hydroxylation is 2. The Labute approximate surface area is 122 Å². The second-order valence-corrected chi connectivity index (χ2v) is 7.66. The van der Waals surface area contributed by atoms with E-state index in [-0.39, 0.29) is 0 Å². The van der Waals surface area contributed by atoms with Gasteiger partial charge in [0, 0.05) is 31.9 Å². The summed E-state index contributed by atoms with van der Waals surface area (Å²) in [6.07, 6.45) is 13.5. The molecule has 4 aliphatic rings. The van der Waals surface area contributed by atoms with E-state index in [4.69, 9.17) is 5.73 Å². The zero-order valence-electron chi connectivity index (χ0n) is 12.5. The van der Waals surface area contributed by atoms with Crippen LogP contribution in [0.1, 0.15) is 44.3 Å². The molecule has 20 heavy (non-hydrogen) atoms. The van der Waals surface area contributed by atoms with E-state index in [0.717, 1.165) is 42.4 Å². The number of rotatable bonds is 4. The predicted octanol–water partition coefficient (Wildman–Crippen LogP) is 2.75. The first-order valence-electron chi connectivity index (χ1n) is 8.42. The molecule has 4 aliphatic carbocycles. The summed E-state index contributed by atoms with van der Waals surface area (Å²) >= 11 is 0. The van der Waals surface area contributed by atoms with Gasteiger partial charge in [0.15, 0.2) is 0 Å². The number of imidazole rings is 1. The van der Waals surface area contributed by atoms with Crippen molar-refractivity contribution in [2.75, 3.05) is 0 Å². The van der Waals surface area contributed by atoms with Crippen molar-refractivity contribution < 1.29 is 0 Å². The molecule has 2 N–H and O–H groups in total. The summed E-state index contributed by atoms with van der Waals surface area (Å²) in [4.78, 5) is 4.43. The van der Waals surface area contributed by atoms with Gasteiger partial charge in [-0.15, -0.1) is 0 Å². The molecular formula is C17H27N3. The van der Waals surface area contributed by atoms with Crippen LogP contribution in [0.5, 0.6) is 0 Å². The second-order valence-electron chi connectivity index (χ2n) is 7.66. The average Bonchev–Trinajstić information content (AvgIpc) is 2.80. The lowest BCUT2D eigenvalue weighted by Gasteiger charge is -2.56. The Balaban J connectivity index is 1.41. The zero-order valence-corrected chi connectivity index (χ0v) is 12.5. The van der Waals surface area contributed by atoms with Crippen molar-refractivity contribution in [1.29, 1.82) is 0 Å². The number of nitrogens with zero attached hydrogens (tertiary/aromatic N) is 2. The van der Waals surface area contributed by atoms with E-state index in [0.29, 0.717) is 6.04 Å². The molecule has 3 heteroatoms. The fraction of sp³-hybridized carbons (Fsp3) is 0.824. The standard InChI is InChI=1S/C17H27N3/c1-20-5-4-19-16(20)3-2-15(18)17-13-7-11-6-12(9-13)10-14(17)8-11/h4-5,11-15,17H,2-3,6-10,18H2,1H3. The zero-order chi connectivity index (χ0) is 13.7. The number of aromatic nitrogens is 2. The Hall–Kier alpha value is -0.830. The molecule has 5 rings (SSSR count). The smallest absolute Gasteiger partial charge is 0.108 e. The Kier molecular flexibility index (Phi) is 3.13. The highest BCUT2D eigenvalue weighted by atomic mass is 15.0. The lowest BCUT2D eigenvalue weighted by molar-refractivity contribution is -0.0475. The molecule has 0 aromatic carbocycles. The summed E-state index contributed by atoms with van der Waals surface area (Å²) in [7, 11) is 2.08. The number of nitrogens with two attached hydrogens (primary N) is 1. The molecule has 4 fully saturated rings. The lowest BCUT2D eigenvalue weighted by atomic mass is 9.50. The van der Waals surface area contributed by atoms with Gasteiger partial charge < -0.3 is 10.3 Å². The molecule has 0 amide bonds. The van der Waals surface area contributed by atoms with Gasteiger partial charge in [0.05, 0.1) is 0 Å². The van der Waals surface area contributed by atoms with Gasteiger partial charge in [-0.1, -0.05) is 0 Å². The molecular weight excluding hydrogens is 246 g/mol. The van der Waals surface area contributed by atoms with Gasteiger partial charge in [-0.05, 0) is 68.1 Å². The molecule has 1 aromatic rings. The Morgan fingerprint density at radius 1 is 1.20 bits per heavy atom. The quantitative estimate of drug-likeness (QED) is 0.916. The van der Waals surface area contributed by atoms with Crippen LogP contribution in [-0.2, 0) is 13.5 Å². The molecule has 1 unspecified atom stereocenters. The van der Waals surface area contributed by atoms with Crippen LogP contribution in [0.15, 0.2) is 12.4 Å². The Morgan fingerprint density at radius 2 is 1.85 bits per heavy atom. The van der Waals surface area contributed by atoms with Crippen molar-refractivity contribution in [1.82, 2.24) is 9.55 Å². The summed E-state index contributed by atoms with van der Waals surface area (Å²) in [5.41, 5.74) is 6.63. The van der Waals surface area contributed by atoms with Crippen LogP contribution >= 0.6 is 0 Å². The third-order valence-corrected chi connectivity index (χ3v) is 6.42. The van der Waals surface area contributed by atoms with Crippen molar-refractivity contribution in [3.05, 3.63) is 18.2 Å². The molecule has 4 bridgehead atoms. The van der Waals surface area contributed by atoms with E-state index >= 15 is 0 Å². The van der Waals surface area contributed by atoms with E-state index in [2.05, 4.69) is 16.6 Å². The second kappa shape index (κ2) is 4.87. The van der Waals surface area contributed by atoms with Gasteiger partial charge in [0.25, 0.3) is 0 Å². The van der Waals surface area contributed by atoms with E-state index in [9.17, 15) is 0 Å². The maximum Gasteiger partial charge on any atom is 0.108 e. The van der Waals surface area contributed by atoms with Gasteiger partial charge in [-0.3, -0.25) is 0 Å². The summed E-state index contributed by atoms with van der Waals surface area (Å²) in [5, 5.41) is 0. The van der Waals surface area contributed by atoms with E-state index < -0.39 is 0 Å². The van der Waals surface area contributed by atoms with Gasteiger partial charge in [0.2, 0.25) is 0 Å². The summed E-state index contributed by atoms with van der Waals surface area (Å²) < 4.78 is 2.13. The van der Waals surface area contributed by atoms with Crippen LogP contribution in [0.4, 0.5) is 0 Å². The van der Waals surface area contributed by atoms with E-state index in [1.807, 2.05) is 12.4 Å². The maximum atomic E-state index is 6.63. The fourth-order valence-corrected chi connectivity index (χ4v) is 5.79. The molecule has 0 radical (unpaired) electrons. The third kappa shape index (κ3) is 2.11. The number of hydrogen-bond donors (Lipinski definition) is 1. The molecule has 0 saturated heterocycles. The van der Waals surface area contributed by atoms with Crippen molar-refractivity contribution in [3.63, 3.8) is 0 Å². The van der Waals surface area contributed by atoms with Crippen LogP contribution in [0.25, 0.3) is 0 Å². The lowest BCUT2D eigenvalue weighted by Crippen LogP contribution is -2.51.